The minimum absolute atomic E-state index is 0.00618. The summed E-state index contributed by atoms with van der Waals surface area (Å²) in [6.07, 6.45) is 0.793. The number of nitrogens with one attached hydrogen (secondary N) is 3. The van der Waals surface area contributed by atoms with Crippen molar-refractivity contribution in [1.82, 2.24) is 16.0 Å². The summed E-state index contributed by atoms with van der Waals surface area (Å²) in [5, 5.41) is 16.8. The molecule has 7 atom stereocenters. The van der Waals surface area contributed by atoms with Gasteiger partial charge in [-0.15, -0.1) is 0 Å². The van der Waals surface area contributed by atoms with Gasteiger partial charge in [-0.05, 0) is 25.2 Å². The van der Waals surface area contributed by atoms with E-state index in [0.717, 1.165) is 19.3 Å². The van der Waals surface area contributed by atoms with Gasteiger partial charge in [0.05, 0.1) is 32.1 Å². The van der Waals surface area contributed by atoms with Crippen LogP contribution in [0.3, 0.4) is 0 Å². The number of aliphatic hydroxyl groups is 1. The highest BCUT2D eigenvalue weighted by Crippen LogP contribution is 2.47. The van der Waals surface area contributed by atoms with Crippen molar-refractivity contribution in [2.75, 3.05) is 53.0 Å². The first kappa shape index (κ1) is 34.7. The van der Waals surface area contributed by atoms with Gasteiger partial charge in [-0.1, -0.05) is 11.8 Å². The third-order valence-electron chi connectivity index (χ3n) is 6.47. The summed E-state index contributed by atoms with van der Waals surface area (Å²) in [4.78, 5) is 34.5. The van der Waals surface area contributed by atoms with Gasteiger partial charge in [-0.3, -0.25) is 14.2 Å². The SMILES string of the molecule is COP(=O)(CO)OCC1O[C@@H](C2CCC(C#CCNC(=O)OCC(N)C(=O)NCCNC(=O)I)C2)C[C@H]1OCN. The molecule has 3 amide bonds. The Morgan fingerprint density at radius 3 is 2.62 bits per heavy atom. The second kappa shape index (κ2) is 18.1. The molecule has 2 fully saturated rings. The fourth-order valence-corrected chi connectivity index (χ4v) is 5.35. The van der Waals surface area contributed by atoms with Gasteiger partial charge in [0.2, 0.25) is 5.91 Å². The molecule has 0 radical (unpaired) electrons. The van der Waals surface area contributed by atoms with Gasteiger partial charge in [0.1, 0.15) is 25.1 Å². The topological polar surface area (TPSA) is 223 Å². The number of hydrogen-bond donors (Lipinski definition) is 6. The first-order valence-corrected chi connectivity index (χ1v) is 15.6. The van der Waals surface area contributed by atoms with E-state index in [1.807, 2.05) is 0 Å². The van der Waals surface area contributed by atoms with Gasteiger partial charge in [0, 0.05) is 55.1 Å². The molecule has 1 heterocycles. The van der Waals surface area contributed by atoms with E-state index in [0.29, 0.717) is 6.42 Å². The van der Waals surface area contributed by atoms with Crippen LogP contribution in [0, 0.1) is 23.7 Å². The van der Waals surface area contributed by atoms with Crippen LogP contribution < -0.4 is 27.4 Å². The van der Waals surface area contributed by atoms with E-state index < -0.39 is 38.1 Å². The van der Waals surface area contributed by atoms with Gasteiger partial charge >= 0.3 is 13.7 Å². The van der Waals surface area contributed by atoms with Crippen molar-refractivity contribution in [2.45, 2.75) is 50.0 Å². The predicted molar refractivity (Wildman–Crippen MR) is 151 cm³/mol. The maximum Gasteiger partial charge on any atom is 0.407 e. The molecule has 1 saturated heterocycles. The molecule has 1 aliphatic carbocycles. The second-order valence-electron chi connectivity index (χ2n) is 9.19. The molecule has 1 aliphatic heterocycles. The van der Waals surface area contributed by atoms with E-state index >= 15 is 0 Å². The molecule has 40 heavy (non-hydrogen) atoms. The fraction of sp³-hybridized carbons (Fsp3) is 0.783. The second-order valence-corrected chi connectivity index (χ2v) is 12.3. The van der Waals surface area contributed by atoms with Crippen LogP contribution in [0.5, 0.6) is 0 Å². The Labute approximate surface area is 247 Å². The lowest BCUT2D eigenvalue weighted by atomic mass is 9.96. The van der Waals surface area contributed by atoms with Gasteiger partial charge in [-0.2, -0.15) is 0 Å². The number of rotatable bonds is 15. The van der Waals surface area contributed by atoms with Crippen LogP contribution in [0.1, 0.15) is 25.7 Å². The molecule has 0 spiro atoms. The summed E-state index contributed by atoms with van der Waals surface area (Å²) >= 11 is 1.58. The van der Waals surface area contributed by atoms with Crippen LogP contribution in [0.25, 0.3) is 0 Å². The highest BCUT2D eigenvalue weighted by atomic mass is 127. The molecule has 228 valence electrons. The minimum Gasteiger partial charge on any atom is -0.447 e. The van der Waals surface area contributed by atoms with Crippen molar-refractivity contribution in [2.24, 2.45) is 23.3 Å². The standard InChI is InChI=1S/C23H39IN5O10P/c1-35-40(34,14-30)38-12-20-19(37-13-25)10-18(39-20)16-5-4-15(9-16)3-2-6-29-23(33)36-11-17(26)21(31)27-7-8-28-22(24)32/h15-20,30H,4-14,25-26H2,1H3,(H,27,31)(H,28,32)(H,29,33)/t15?,16?,17?,18-,19-,20?,40?/m1/s1. The zero-order chi connectivity index (χ0) is 29.5. The van der Waals surface area contributed by atoms with Crippen molar-refractivity contribution in [3.05, 3.63) is 0 Å². The zero-order valence-corrected chi connectivity index (χ0v) is 25.4. The maximum atomic E-state index is 12.2. The van der Waals surface area contributed by atoms with Gasteiger partial charge < -0.3 is 55.8 Å². The van der Waals surface area contributed by atoms with Gasteiger partial charge in [0.25, 0.3) is 3.91 Å². The van der Waals surface area contributed by atoms with Crippen LogP contribution in [0.2, 0.25) is 0 Å². The smallest absolute Gasteiger partial charge is 0.407 e. The highest BCUT2D eigenvalue weighted by Gasteiger charge is 2.43. The number of amides is 3. The number of hydrogen-bond acceptors (Lipinski definition) is 12. The lowest BCUT2D eigenvalue weighted by Gasteiger charge is -2.21. The Balaban J connectivity index is 1.69. The number of halogens is 1. The lowest BCUT2D eigenvalue weighted by molar-refractivity contribution is -0.123. The molecule has 0 bridgehead atoms. The maximum absolute atomic E-state index is 12.2. The molecule has 5 unspecified atom stereocenters. The molecule has 1 saturated carbocycles. The largest absolute Gasteiger partial charge is 0.447 e. The van der Waals surface area contributed by atoms with E-state index in [1.165, 1.54) is 7.11 Å². The Morgan fingerprint density at radius 2 is 1.95 bits per heavy atom. The molecule has 2 rings (SSSR count). The van der Waals surface area contributed by atoms with Crippen molar-refractivity contribution in [1.29, 1.82) is 0 Å². The number of aliphatic hydroxyl groups excluding tert-OH is 1. The molecule has 17 heteroatoms. The summed E-state index contributed by atoms with van der Waals surface area (Å²) < 4.78 is 38.7. The van der Waals surface area contributed by atoms with Crippen LogP contribution in [0.4, 0.5) is 9.59 Å². The summed E-state index contributed by atoms with van der Waals surface area (Å²) in [7, 11) is -2.38. The van der Waals surface area contributed by atoms with Gasteiger partial charge in [0.15, 0.2) is 0 Å². The van der Waals surface area contributed by atoms with Crippen LogP contribution in [-0.2, 0) is 32.6 Å². The van der Waals surface area contributed by atoms with Crippen molar-refractivity contribution in [3.8, 4) is 11.8 Å². The fourth-order valence-electron chi connectivity index (χ4n) is 4.40. The average Bonchev–Trinajstić information content (AvgIpc) is 3.58. The quantitative estimate of drug-likeness (QED) is 0.0252. The molecule has 0 aromatic heterocycles. The molecule has 8 N–H and O–H groups in total. The number of ether oxygens (including phenoxy) is 3. The summed E-state index contributed by atoms with van der Waals surface area (Å²) in [6, 6.07) is -1.04. The zero-order valence-electron chi connectivity index (χ0n) is 22.3. The third kappa shape index (κ3) is 12.1. The minimum atomic E-state index is -3.58. The molecule has 0 aromatic rings. The molecular weight excluding hydrogens is 664 g/mol. The van der Waals surface area contributed by atoms with Crippen molar-refractivity contribution in [3.63, 3.8) is 0 Å². The molecule has 15 nitrogen and oxygen atoms in total. The van der Waals surface area contributed by atoms with E-state index in [-0.39, 0.29) is 67.5 Å². The van der Waals surface area contributed by atoms with E-state index in [4.69, 9.17) is 34.7 Å². The van der Waals surface area contributed by atoms with Crippen molar-refractivity contribution >= 4 is 46.1 Å². The molecular formula is C23H39IN5O10P. The van der Waals surface area contributed by atoms with Crippen LogP contribution in [-0.4, -0.2) is 98.4 Å². The number of carbonyl (C=O) groups is 3. The predicted octanol–water partition coefficient (Wildman–Crippen LogP) is -0.0148. The summed E-state index contributed by atoms with van der Waals surface area (Å²) in [5.41, 5.74) is 11.3. The first-order chi connectivity index (χ1) is 19.1. The van der Waals surface area contributed by atoms with E-state index in [2.05, 4.69) is 27.8 Å². The first-order valence-electron chi connectivity index (χ1n) is 12.8. The average molecular weight is 703 g/mol. The van der Waals surface area contributed by atoms with Crippen LogP contribution in [0.15, 0.2) is 0 Å². The number of alkyl carbamates (subject to hydrolysis) is 1. The normalized spacial score (nSPS) is 26.2. The summed E-state index contributed by atoms with van der Waals surface area (Å²) in [5.74, 6) is 5.97. The number of nitrogens with two attached hydrogens (primary N) is 2. The Bertz CT molecular complexity index is 943. The molecule has 0 aromatic carbocycles. The monoisotopic (exact) mass is 703 g/mol. The van der Waals surface area contributed by atoms with E-state index in [1.54, 1.807) is 22.6 Å². The number of carbonyl (C=O) groups excluding carboxylic acids is 3. The Hall–Kier alpha value is -1.55. The lowest BCUT2D eigenvalue weighted by Crippen LogP contribution is -2.46. The van der Waals surface area contributed by atoms with Crippen LogP contribution >= 0.6 is 30.2 Å². The van der Waals surface area contributed by atoms with Crippen molar-refractivity contribution < 1.29 is 47.3 Å². The van der Waals surface area contributed by atoms with Gasteiger partial charge in [-0.25, -0.2) is 4.79 Å². The Kier molecular flexibility index (Phi) is 15.7. The molecule has 2 aliphatic rings. The summed E-state index contributed by atoms with van der Waals surface area (Å²) in [6.45, 7) is 0.188. The van der Waals surface area contributed by atoms with E-state index in [9.17, 15) is 24.1 Å². The third-order valence-corrected chi connectivity index (χ3v) is 8.30. The highest BCUT2D eigenvalue weighted by molar-refractivity contribution is 14.1. The Morgan fingerprint density at radius 1 is 1.20 bits per heavy atom.